The van der Waals surface area contributed by atoms with Crippen molar-refractivity contribution in [3.63, 3.8) is 0 Å². The molecule has 0 amide bonds. The van der Waals surface area contributed by atoms with Gasteiger partial charge in [-0.1, -0.05) is 12.1 Å². The molecule has 3 nitrogen and oxygen atoms in total. The van der Waals surface area contributed by atoms with Crippen LogP contribution >= 0.6 is 0 Å². The van der Waals surface area contributed by atoms with Gasteiger partial charge in [0.05, 0.1) is 12.3 Å². The van der Waals surface area contributed by atoms with Crippen LogP contribution in [0, 0.1) is 5.92 Å². The number of hydrogen-bond donors (Lipinski definition) is 1. The first-order valence-corrected chi connectivity index (χ1v) is 6.61. The zero-order valence-electron chi connectivity index (χ0n) is 10.2. The van der Waals surface area contributed by atoms with Crippen molar-refractivity contribution < 1.29 is 4.74 Å². The molecule has 1 aliphatic carbocycles. The van der Waals surface area contributed by atoms with Gasteiger partial charge < -0.3 is 15.0 Å². The predicted molar refractivity (Wildman–Crippen MR) is 69.7 cm³/mol. The minimum Gasteiger partial charge on any atom is -0.491 e. The molecule has 1 N–H and O–H groups in total. The van der Waals surface area contributed by atoms with Crippen molar-refractivity contribution in [3.8, 4) is 5.75 Å². The summed E-state index contributed by atoms with van der Waals surface area (Å²) in [6, 6.07) is 8.43. The molecule has 1 heterocycles. The van der Waals surface area contributed by atoms with Gasteiger partial charge in [0.15, 0.2) is 0 Å². The van der Waals surface area contributed by atoms with E-state index in [1.807, 2.05) is 0 Å². The summed E-state index contributed by atoms with van der Waals surface area (Å²) in [6.07, 6.45) is 2.69. The Morgan fingerprint density at radius 1 is 1.18 bits per heavy atom. The minimum atomic E-state index is 0.811. The van der Waals surface area contributed by atoms with Crippen LogP contribution in [0.2, 0.25) is 0 Å². The smallest absolute Gasteiger partial charge is 0.142 e. The monoisotopic (exact) mass is 232 g/mol. The Balaban J connectivity index is 1.71. The highest BCUT2D eigenvalue weighted by molar-refractivity contribution is 5.58. The van der Waals surface area contributed by atoms with Crippen LogP contribution < -0.4 is 15.0 Å². The average Bonchev–Trinajstić information content (AvgIpc) is 3.22. The lowest BCUT2D eigenvalue weighted by atomic mass is 10.2. The van der Waals surface area contributed by atoms with Gasteiger partial charge >= 0.3 is 0 Å². The maximum Gasteiger partial charge on any atom is 0.142 e. The number of anilines is 1. The maximum absolute atomic E-state index is 5.95. The molecular weight excluding hydrogens is 212 g/mol. The lowest BCUT2D eigenvalue weighted by Crippen LogP contribution is -2.43. The summed E-state index contributed by atoms with van der Waals surface area (Å²) in [5.74, 6) is 1.87. The topological polar surface area (TPSA) is 24.5 Å². The third-order valence-electron chi connectivity index (χ3n) is 3.49. The van der Waals surface area contributed by atoms with Crippen LogP contribution in [0.3, 0.4) is 0 Å². The van der Waals surface area contributed by atoms with E-state index in [0.29, 0.717) is 0 Å². The summed E-state index contributed by atoms with van der Waals surface area (Å²) in [7, 11) is 0. The molecule has 0 atom stereocenters. The Morgan fingerprint density at radius 3 is 2.71 bits per heavy atom. The summed E-state index contributed by atoms with van der Waals surface area (Å²) in [4.78, 5) is 2.42. The highest BCUT2D eigenvalue weighted by Gasteiger charge is 2.23. The lowest BCUT2D eigenvalue weighted by Gasteiger charge is -2.30. The van der Waals surface area contributed by atoms with E-state index in [9.17, 15) is 0 Å². The molecule has 0 radical (unpaired) electrons. The summed E-state index contributed by atoms with van der Waals surface area (Å²) >= 11 is 0. The Kier molecular flexibility index (Phi) is 3.18. The van der Waals surface area contributed by atoms with Crippen molar-refractivity contribution >= 4 is 5.69 Å². The molecular formula is C14H20N2O. The molecule has 2 fully saturated rings. The molecule has 1 saturated carbocycles. The second-order valence-corrected chi connectivity index (χ2v) is 4.96. The van der Waals surface area contributed by atoms with Crippen LogP contribution in [0.4, 0.5) is 5.69 Å². The Labute approximate surface area is 103 Å². The lowest BCUT2D eigenvalue weighted by molar-refractivity contribution is 0.299. The van der Waals surface area contributed by atoms with Crippen LogP contribution in [0.25, 0.3) is 0 Å². The van der Waals surface area contributed by atoms with Gasteiger partial charge in [0, 0.05) is 26.2 Å². The van der Waals surface area contributed by atoms with Crippen molar-refractivity contribution in [3.05, 3.63) is 24.3 Å². The summed E-state index contributed by atoms with van der Waals surface area (Å²) in [6.45, 7) is 5.17. The van der Waals surface area contributed by atoms with E-state index in [1.54, 1.807) is 0 Å². The van der Waals surface area contributed by atoms with E-state index < -0.39 is 0 Å². The fourth-order valence-electron chi connectivity index (χ4n) is 2.24. The molecule has 1 saturated heterocycles. The van der Waals surface area contributed by atoms with Crippen molar-refractivity contribution in [1.29, 1.82) is 0 Å². The Hall–Kier alpha value is -1.22. The van der Waals surface area contributed by atoms with E-state index in [0.717, 1.165) is 44.5 Å². The number of para-hydroxylation sites is 2. The van der Waals surface area contributed by atoms with Crippen molar-refractivity contribution in [1.82, 2.24) is 5.32 Å². The quantitative estimate of drug-likeness (QED) is 0.858. The number of benzene rings is 1. The van der Waals surface area contributed by atoms with E-state index in [1.165, 1.54) is 18.5 Å². The molecule has 2 aliphatic rings. The van der Waals surface area contributed by atoms with Gasteiger partial charge in [0.25, 0.3) is 0 Å². The molecule has 1 aliphatic heterocycles. The van der Waals surface area contributed by atoms with Crippen LogP contribution in [-0.4, -0.2) is 32.8 Å². The highest BCUT2D eigenvalue weighted by Crippen LogP contribution is 2.33. The van der Waals surface area contributed by atoms with Crippen LogP contribution in [0.15, 0.2) is 24.3 Å². The zero-order chi connectivity index (χ0) is 11.5. The van der Waals surface area contributed by atoms with Crippen molar-refractivity contribution in [2.75, 3.05) is 37.7 Å². The molecule has 17 heavy (non-hydrogen) atoms. The number of rotatable bonds is 4. The van der Waals surface area contributed by atoms with Crippen molar-refractivity contribution in [2.45, 2.75) is 12.8 Å². The molecule has 3 heteroatoms. The van der Waals surface area contributed by atoms with Gasteiger partial charge in [-0.25, -0.2) is 0 Å². The van der Waals surface area contributed by atoms with E-state index in [2.05, 4.69) is 34.5 Å². The maximum atomic E-state index is 5.95. The summed E-state index contributed by atoms with van der Waals surface area (Å²) in [5, 5.41) is 3.38. The summed E-state index contributed by atoms with van der Waals surface area (Å²) < 4.78 is 5.95. The van der Waals surface area contributed by atoms with E-state index in [-0.39, 0.29) is 0 Å². The first kappa shape index (κ1) is 10.9. The molecule has 3 rings (SSSR count). The third-order valence-corrected chi connectivity index (χ3v) is 3.49. The molecule has 0 unspecified atom stereocenters. The number of nitrogens with one attached hydrogen (secondary N) is 1. The second-order valence-electron chi connectivity index (χ2n) is 4.96. The van der Waals surface area contributed by atoms with Crippen LogP contribution in [-0.2, 0) is 0 Å². The largest absolute Gasteiger partial charge is 0.491 e. The Bertz CT molecular complexity index is 370. The molecule has 1 aromatic rings. The van der Waals surface area contributed by atoms with Crippen molar-refractivity contribution in [2.24, 2.45) is 5.92 Å². The van der Waals surface area contributed by atoms with Crippen LogP contribution in [0.5, 0.6) is 5.75 Å². The molecule has 0 bridgehead atoms. The number of ether oxygens (including phenoxy) is 1. The average molecular weight is 232 g/mol. The second kappa shape index (κ2) is 4.96. The third kappa shape index (κ3) is 2.72. The number of piperazine rings is 1. The van der Waals surface area contributed by atoms with Gasteiger partial charge in [-0.15, -0.1) is 0 Å². The fraction of sp³-hybridized carbons (Fsp3) is 0.571. The highest BCUT2D eigenvalue weighted by atomic mass is 16.5. The predicted octanol–water partition coefficient (Wildman–Crippen LogP) is 1.89. The summed E-state index contributed by atoms with van der Waals surface area (Å²) in [5.41, 5.74) is 1.26. The Morgan fingerprint density at radius 2 is 1.94 bits per heavy atom. The molecule has 92 valence electrons. The first-order valence-electron chi connectivity index (χ1n) is 6.61. The number of hydrogen-bond acceptors (Lipinski definition) is 3. The van der Waals surface area contributed by atoms with Gasteiger partial charge in [-0.3, -0.25) is 0 Å². The first-order chi connectivity index (χ1) is 8.43. The van der Waals surface area contributed by atoms with E-state index in [4.69, 9.17) is 4.74 Å². The standard InChI is InChI=1S/C14H20N2O/c1-2-4-14(17-11-12-5-6-12)13(3-1)16-9-7-15-8-10-16/h1-4,12,15H,5-11H2. The van der Waals surface area contributed by atoms with E-state index >= 15 is 0 Å². The minimum absolute atomic E-state index is 0.811. The van der Waals surface area contributed by atoms with Gasteiger partial charge in [-0.2, -0.15) is 0 Å². The number of nitrogens with zero attached hydrogens (tertiary/aromatic N) is 1. The SMILES string of the molecule is c1ccc(N2CCNCC2)c(OCC2CC2)c1. The molecule has 1 aromatic carbocycles. The van der Waals surface area contributed by atoms with Gasteiger partial charge in [0.2, 0.25) is 0 Å². The normalized spacial score (nSPS) is 20.4. The van der Waals surface area contributed by atoms with Gasteiger partial charge in [0.1, 0.15) is 5.75 Å². The van der Waals surface area contributed by atoms with Crippen LogP contribution in [0.1, 0.15) is 12.8 Å². The molecule has 0 spiro atoms. The zero-order valence-corrected chi connectivity index (χ0v) is 10.2. The van der Waals surface area contributed by atoms with Gasteiger partial charge in [-0.05, 0) is 30.9 Å². The molecule has 0 aromatic heterocycles. The fourth-order valence-corrected chi connectivity index (χ4v) is 2.24.